The van der Waals surface area contributed by atoms with Crippen LogP contribution in [0, 0.1) is 29.6 Å². The van der Waals surface area contributed by atoms with Crippen molar-refractivity contribution in [3.05, 3.63) is 65.5 Å². The highest BCUT2D eigenvalue weighted by molar-refractivity contribution is 7.22. The van der Waals surface area contributed by atoms with Crippen LogP contribution in [0.3, 0.4) is 0 Å². The summed E-state index contributed by atoms with van der Waals surface area (Å²) in [5.41, 5.74) is 9.39. The zero-order chi connectivity index (χ0) is 55.0. The maximum absolute atomic E-state index is 13.3. The van der Waals surface area contributed by atoms with E-state index in [4.69, 9.17) is 25.4 Å². The summed E-state index contributed by atoms with van der Waals surface area (Å²) in [5.74, 6) is 1.58. The molecular weight excluding hydrogens is 973 g/mol. The van der Waals surface area contributed by atoms with Gasteiger partial charge in [0.2, 0.25) is 5.91 Å². The fourth-order valence-electron chi connectivity index (χ4n) is 12.1. The van der Waals surface area contributed by atoms with Crippen LogP contribution in [0.4, 0.5) is 22.6 Å². The molecule has 2 aliphatic rings. The first-order chi connectivity index (χ1) is 36.3. The van der Waals surface area contributed by atoms with Crippen LogP contribution in [-0.2, 0) is 14.3 Å². The van der Waals surface area contributed by atoms with Gasteiger partial charge in [-0.15, -0.1) is 10.2 Å². The van der Waals surface area contributed by atoms with E-state index >= 15 is 0 Å². The third kappa shape index (κ3) is 16.1. The van der Waals surface area contributed by atoms with Gasteiger partial charge in [-0.2, -0.15) is 0 Å². The number of nitrogens with one attached hydrogen (secondary N) is 1. The SMILES string of the molecule is CC[C@@]1(C)CC2(OCCN(C)C)C[C@@H](C)[C@@H](C)[C@](CN=C(C)/C(=C\N)c3ccc(N(CCCCN(C)C(=O)CCCCCCCCCCCC(C)=O)c4cc(C)c(Nc5nc6ccccc6s5)nn4)nc3C(=O)O)(C2)C1. The van der Waals surface area contributed by atoms with Crippen molar-refractivity contribution < 1.29 is 24.2 Å². The first kappa shape index (κ1) is 59.9. The number of aromatic carboxylic acids is 1. The number of allylic oxidation sites excluding steroid dienone is 1. The number of rotatable bonds is 31. The Labute approximate surface area is 458 Å². The summed E-state index contributed by atoms with van der Waals surface area (Å²) in [4.78, 5) is 58.5. The summed E-state index contributed by atoms with van der Waals surface area (Å²) < 4.78 is 8.00. The van der Waals surface area contributed by atoms with Crippen LogP contribution < -0.4 is 16.0 Å². The molecule has 416 valence electrons. The van der Waals surface area contributed by atoms with Crippen LogP contribution >= 0.6 is 11.3 Å². The number of carboxylic acid groups (broad SMARTS) is 1. The minimum atomic E-state index is -1.18. The maximum atomic E-state index is 13.3. The topological polar surface area (TPSA) is 192 Å². The van der Waals surface area contributed by atoms with Crippen molar-refractivity contribution in [2.45, 2.75) is 170 Å². The number of aromatic nitrogens is 4. The van der Waals surface area contributed by atoms with E-state index in [0.29, 0.717) is 103 Å². The van der Waals surface area contributed by atoms with Gasteiger partial charge in [0.15, 0.2) is 22.5 Å². The average molecular weight is 1060 g/mol. The van der Waals surface area contributed by atoms with E-state index in [1.807, 2.05) is 67.1 Å². The van der Waals surface area contributed by atoms with E-state index < -0.39 is 5.97 Å². The largest absolute Gasteiger partial charge is 0.476 e. The number of benzene rings is 1. The Morgan fingerprint density at radius 1 is 0.868 bits per heavy atom. The number of carboxylic acids is 1. The summed E-state index contributed by atoms with van der Waals surface area (Å²) in [6.45, 7) is 18.2. The number of nitrogens with zero attached hydrogens (tertiary/aromatic N) is 8. The maximum Gasteiger partial charge on any atom is 0.355 e. The van der Waals surface area contributed by atoms with Gasteiger partial charge in [0, 0.05) is 69.1 Å². The Morgan fingerprint density at radius 3 is 2.20 bits per heavy atom. The molecule has 0 saturated heterocycles. The van der Waals surface area contributed by atoms with Crippen molar-refractivity contribution >= 4 is 73.1 Å². The zero-order valence-corrected chi connectivity index (χ0v) is 48.5. The highest BCUT2D eigenvalue weighted by atomic mass is 32.1. The number of anilines is 4. The van der Waals surface area contributed by atoms with Gasteiger partial charge in [0.05, 0.1) is 22.4 Å². The molecular formula is C60H90N10O5S. The lowest BCUT2D eigenvalue weighted by Crippen LogP contribution is -2.59. The average Bonchev–Trinajstić information content (AvgIpc) is 3.85. The van der Waals surface area contributed by atoms with Crippen molar-refractivity contribution in [3.8, 4) is 0 Å². The molecule has 1 unspecified atom stereocenters. The number of para-hydroxylation sites is 1. The van der Waals surface area contributed by atoms with Crippen molar-refractivity contribution in [2.24, 2.45) is 33.4 Å². The second-order valence-electron chi connectivity index (χ2n) is 23.1. The second-order valence-corrected chi connectivity index (χ2v) is 24.1. The molecule has 4 N–H and O–H groups in total. The molecule has 4 aromatic rings. The third-order valence-electron chi connectivity index (χ3n) is 16.6. The highest BCUT2D eigenvalue weighted by Crippen LogP contribution is 2.63. The van der Waals surface area contributed by atoms with E-state index in [1.165, 1.54) is 43.2 Å². The third-order valence-corrected chi connectivity index (χ3v) is 17.5. The van der Waals surface area contributed by atoms with Gasteiger partial charge in [0.1, 0.15) is 11.6 Å². The molecule has 2 fully saturated rings. The number of ketones is 1. The first-order valence-electron chi connectivity index (χ1n) is 28.2. The monoisotopic (exact) mass is 1060 g/mol. The number of nitrogens with two attached hydrogens (primary N) is 1. The van der Waals surface area contributed by atoms with Gasteiger partial charge in [0.25, 0.3) is 0 Å². The number of aryl methyl sites for hydroxylation is 1. The minimum absolute atomic E-state index is 0.0992. The van der Waals surface area contributed by atoms with E-state index in [-0.39, 0.29) is 33.8 Å². The van der Waals surface area contributed by atoms with E-state index in [1.54, 1.807) is 13.0 Å². The second kappa shape index (κ2) is 27.8. The van der Waals surface area contributed by atoms with E-state index in [9.17, 15) is 19.5 Å². The number of thiazole rings is 1. The molecule has 3 aromatic heterocycles. The van der Waals surface area contributed by atoms with Crippen LogP contribution in [0.15, 0.2) is 53.7 Å². The number of hydrogen-bond donors (Lipinski definition) is 3. The molecule has 1 aromatic carbocycles. The van der Waals surface area contributed by atoms with Crippen LogP contribution in [-0.4, -0.2) is 118 Å². The predicted molar refractivity (Wildman–Crippen MR) is 311 cm³/mol. The summed E-state index contributed by atoms with van der Waals surface area (Å²) >= 11 is 1.54. The Kier molecular flexibility index (Phi) is 21.9. The molecule has 2 aliphatic carbocycles. The standard InChI is InChI=1S/C60H90N10O5S/c1-11-58(7)38-59(40-60(39-58,36-43(3)45(59)5)75-34-33-68(8)9)41-62-46(6)48(37-61)47-29-30-51(64-54(47)56(73)74)70(52-35-42(2)55(67-66-52)65-57-63-49-26-21-22-27-50(49)76-57)32-24-23-31-69(10)53(72)28-20-18-16-14-12-13-15-17-19-25-44(4)71/h21-22,26-27,29-30,35,37,43,45H,11-20,23-25,28,31-34,36,38-41,61H2,1-10H3,(H,73,74)(H,63,65,67)/b48-37+,62-46?/t43-,45-,58-,59+,60?/m1/s1. The molecule has 0 spiro atoms. The van der Waals surface area contributed by atoms with Crippen LogP contribution in [0.1, 0.15) is 179 Å². The molecule has 15 nitrogen and oxygen atoms in total. The lowest BCUT2D eigenvalue weighted by molar-refractivity contribution is -0.196. The summed E-state index contributed by atoms with van der Waals surface area (Å²) in [7, 11) is 6.04. The molecule has 2 saturated carbocycles. The van der Waals surface area contributed by atoms with Crippen molar-refractivity contribution in [2.75, 3.05) is 64.1 Å². The van der Waals surface area contributed by atoms with Crippen molar-refractivity contribution in [1.82, 2.24) is 30.0 Å². The van der Waals surface area contributed by atoms with Gasteiger partial charge in [-0.05, 0) is 145 Å². The lowest BCUT2D eigenvalue weighted by Gasteiger charge is -2.62. The van der Waals surface area contributed by atoms with Crippen LogP contribution in [0.2, 0.25) is 0 Å². The fourth-order valence-corrected chi connectivity index (χ4v) is 12.9. The lowest BCUT2D eigenvalue weighted by atomic mass is 9.46. The fraction of sp³-hybridized carbons (Fsp3) is 0.633. The predicted octanol–water partition coefficient (Wildman–Crippen LogP) is 12.8. The minimum Gasteiger partial charge on any atom is -0.476 e. The van der Waals surface area contributed by atoms with Crippen LogP contribution in [0.5, 0.6) is 0 Å². The molecule has 6 rings (SSSR count). The number of ether oxygens (including phenoxy) is 1. The zero-order valence-electron chi connectivity index (χ0n) is 47.7. The van der Waals surface area contributed by atoms with Crippen molar-refractivity contribution in [1.29, 1.82) is 0 Å². The molecule has 5 atom stereocenters. The number of likely N-dealkylation sites (N-methyl/N-ethyl adjacent to an activating group) is 1. The van der Waals surface area contributed by atoms with Gasteiger partial charge in [-0.3, -0.25) is 9.79 Å². The molecule has 1 amide bonds. The number of fused-ring (bicyclic) bond motifs is 3. The van der Waals surface area contributed by atoms with Crippen LogP contribution in [0.25, 0.3) is 15.8 Å². The van der Waals surface area contributed by atoms with Crippen molar-refractivity contribution in [3.63, 3.8) is 0 Å². The highest BCUT2D eigenvalue weighted by Gasteiger charge is 2.59. The Balaban J connectivity index is 1.18. The molecule has 2 bridgehead atoms. The summed E-state index contributed by atoms with van der Waals surface area (Å²) in [6, 6.07) is 13.5. The number of unbranched alkanes of at least 4 members (excludes halogenated alkanes) is 9. The molecule has 16 heteroatoms. The quantitative estimate of drug-likeness (QED) is 0.0319. The Hall–Kier alpha value is -5.32. The molecule has 3 heterocycles. The normalized spacial score (nSPS) is 21.8. The molecule has 76 heavy (non-hydrogen) atoms. The van der Waals surface area contributed by atoms with Gasteiger partial charge >= 0.3 is 5.97 Å². The van der Waals surface area contributed by atoms with Gasteiger partial charge in [-0.25, -0.2) is 14.8 Å². The number of carbonyl (C=O) groups is 3. The number of amides is 1. The smallest absolute Gasteiger partial charge is 0.355 e. The van der Waals surface area contributed by atoms with Gasteiger partial charge in [-0.1, -0.05) is 103 Å². The summed E-state index contributed by atoms with van der Waals surface area (Å²) in [5, 5.41) is 24.2. The van der Waals surface area contributed by atoms with E-state index in [0.717, 1.165) is 86.5 Å². The van der Waals surface area contributed by atoms with E-state index in [2.05, 4.69) is 62.2 Å². The number of aliphatic imine (C=N–C) groups is 1. The Morgan fingerprint density at radius 2 is 1.55 bits per heavy atom. The molecule has 0 radical (unpaired) electrons. The first-order valence-corrected chi connectivity index (χ1v) is 29.1. The summed E-state index contributed by atoms with van der Waals surface area (Å²) in [6.07, 6.45) is 19.1. The van der Waals surface area contributed by atoms with Gasteiger partial charge < -0.3 is 40.4 Å². The Bertz CT molecular complexity index is 2600. The number of carbonyl (C=O) groups excluding carboxylic acids is 2. The number of hydrogen-bond acceptors (Lipinski definition) is 14. The molecule has 0 aliphatic heterocycles. The number of Topliss-reactive ketones (excluding diaryl/α,β-unsaturated/α-hetero) is 1. The number of pyridine rings is 1.